The number of methoxy groups -OCH3 is 1. The molecule has 34 heavy (non-hydrogen) atoms. The van der Waals surface area contributed by atoms with Gasteiger partial charge in [0.2, 0.25) is 11.7 Å². The summed E-state index contributed by atoms with van der Waals surface area (Å²) >= 11 is 0. The largest absolute Gasteiger partial charge is 0.489 e. The zero-order valence-corrected chi connectivity index (χ0v) is 19.2. The van der Waals surface area contributed by atoms with Gasteiger partial charge in [0.15, 0.2) is 11.3 Å². The summed E-state index contributed by atoms with van der Waals surface area (Å²) in [7, 11) is 5.06. The first-order chi connectivity index (χ1) is 16.6. The Morgan fingerprint density at radius 2 is 1.47 bits per heavy atom. The Kier molecular flexibility index (Phi) is 5.59. The zero-order valence-electron chi connectivity index (χ0n) is 19.2. The molecule has 5 rings (SSSR count). The molecule has 0 atom stereocenters. The molecule has 0 fully saturated rings. The third-order valence-corrected chi connectivity index (χ3v) is 5.86. The minimum absolute atomic E-state index is 0.0854. The van der Waals surface area contributed by atoms with Gasteiger partial charge in [-0.2, -0.15) is 0 Å². The number of oxazole rings is 1. The molecule has 0 spiro atoms. The van der Waals surface area contributed by atoms with E-state index in [1.165, 1.54) is 11.7 Å². The van der Waals surface area contributed by atoms with Crippen LogP contribution in [-0.4, -0.2) is 28.7 Å². The highest BCUT2D eigenvalue weighted by Gasteiger charge is 2.27. The normalized spacial score (nSPS) is 11.2. The van der Waals surface area contributed by atoms with Crippen LogP contribution < -0.4 is 15.2 Å². The van der Waals surface area contributed by atoms with Crippen LogP contribution in [0.25, 0.3) is 22.7 Å². The van der Waals surface area contributed by atoms with Crippen molar-refractivity contribution in [1.29, 1.82) is 0 Å². The Hall–Kier alpha value is -4.39. The van der Waals surface area contributed by atoms with Gasteiger partial charge in [-0.3, -0.25) is 9.36 Å². The summed E-state index contributed by atoms with van der Waals surface area (Å²) in [6, 6.07) is 27.5. The molecule has 0 aliphatic heterocycles. The van der Waals surface area contributed by atoms with Crippen molar-refractivity contribution < 1.29 is 9.15 Å². The molecule has 2 heterocycles. The van der Waals surface area contributed by atoms with Crippen molar-refractivity contribution in [2.24, 2.45) is 7.05 Å². The number of para-hydroxylation sites is 2. The van der Waals surface area contributed by atoms with Crippen LogP contribution in [0.5, 0.6) is 5.75 Å². The first kappa shape index (κ1) is 21.5. The van der Waals surface area contributed by atoms with Gasteiger partial charge in [-0.05, 0) is 23.3 Å². The van der Waals surface area contributed by atoms with Gasteiger partial charge in [0, 0.05) is 14.1 Å². The van der Waals surface area contributed by atoms with Crippen molar-refractivity contribution in [2.45, 2.75) is 6.04 Å². The molecule has 7 heteroatoms. The number of rotatable bonds is 6. The number of anilines is 1. The second kappa shape index (κ2) is 8.86. The Bertz CT molecular complexity index is 1420. The topological polar surface area (TPSA) is 73.4 Å². The molecule has 0 N–H and O–H groups in total. The van der Waals surface area contributed by atoms with E-state index in [9.17, 15) is 4.79 Å². The van der Waals surface area contributed by atoms with Crippen LogP contribution in [0.2, 0.25) is 0 Å². The molecular formula is C27H24N4O3. The maximum Gasteiger partial charge on any atom is 0.297 e. The van der Waals surface area contributed by atoms with Gasteiger partial charge in [0.25, 0.3) is 11.4 Å². The van der Waals surface area contributed by atoms with E-state index < -0.39 is 0 Å². The van der Waals surface area contributed by atoms with Gasteiger partial charge in [-0.15, -0.1) is 0 Å². The number of benzene rings is 3. The SMILES string of the molecule is COc1c(-c2nc3ccccc3o2)nc(N(C)C(c2ccccc2)c2ccccc2)n(C)c1=O. The lowest BCUT2D eigenvalue weighted by Crippen LogP contribution is -2.33. The Labute approximate surface area is 196 Å². The number of hydrogen-bond donors (Lipinski definition) is 0. The predicted molar refractivity (Wildman–Crippen MR) is 132 cm³/mol. The highest BCUT2D eigenvalue weighted by molar-refractivity contribution is 5.76. The molecule has 0 aliphatic carbocycles. The van der Waals surface area contributed by atoms with Gasteiger partial charge in [-0.1, -0.05) is 72.8 Å². The maximum absolute atomic E-state index is 13.3. The molecule has 0 saturated carbocycles. The number of hydrogen-bond acceptors (Lipinski definition) is 6. The molecular weight excluding hydrogens is 428 g/mol. The first-order valence-corrected chi connectivity index (χ1v) is 10.9. The van der Waals surface area contributed by atoms with Gasteiger partial charge in [0.1, 0.15) is 5.52 Å². The first-order valence-electron chi connectivity index (χ1n) is 10.9. The van der Waals surface area contributed by atoms with E-state index in [-0.39, 0.29) is 28.9 Å². The molecule has 3 aromatic carbocycles. The quantitative estimate of drug-likeness (QED) is 0.368. The highest BCUT2D eigenvalue weighted by Crippen LogP contribution is 2.33. The highest BCUT2D eigenvalue weighted by atomic mass is 16.5. The molecule has 0 aliphatic rings. The zero-order chi connectivity index (χ0) is 23.7. The lowest BCUT2D eigenvalue weighted by molar-refractivity contribution is 0.401. The average Bonchev–Trinajstić information content (AvgIpc) is 3.31. The van der Waals surface area contributed by atoms with Crippen LogP contribution in [-0.2, 0) is 7.05 Å². The van der Waals surface area contributed by atoms with Crippen LogP contribution in [0.3, 0.4) is 0 Å². The van der Waals surface area contributed by atoms with Crippen molar-refractivity contribution in [1.82, 2.24) is 14.5 Å². The molecule has 0 radical (unpaired) electrons. The molecule has 0 amide bonds. The van der Waals surface area contributed by atoms with Crippen LogP contribution in [0, 0.1) is 0 Å². The Balaban J connectivity index is 1.70. The molecule has 0 saturated heterocycles. The maximum atomic E-state index is 13.3. The molecule has 2 aromatic heterocycles. The molecule has 5 aromatic rings. The van der Waals surface area contributed by atoms with E-state index in [1.807, 2.05) is 72.6 Å². The Morgan fingerprint density at radius 1 is 0.882 bits per heavy atom. The van der Waals surface area contributed by atoms with Crippen molar-refractivity contribution in [2.75, 3.05) is 19.1 Å². The second-order valence-corrected chi connectivity index (χ2v) is 7.98. The molecule has 0 bridgehead atoms. The summed E-state index contributed by atoms with van der Waals surface area (Å²) in [5.74, 6) is 0.782. The minimum Gasteiger partial charge on any atom is -0.489 e. The van der Waals surface area contributed by atoms with Crippen molar-refractivity contribution in [3.05, 3.63) is 106 Å². The van der Waals surface area contributed by atoms with Crippen LogP contribution in [0.15, 0.2) is 94.1 Å². The third-order valence-electron chi connectivity index (χ3n) is 5.86. The molecule has 0 unspecified atom stereocenters. The summed E-state index contributed by atoms with van der Waals surface area (Å²) in [5, 5.41) is 0. The number of aromatic nitrogens is 3. The lowest BCUT2D eigenvalue weighted by atomic mass is 9.98. The van der Waals surface area contributed by atoms with Crippen LogP contribution in [0.1, 0.15) is 17.2 Å². The monoisotopic (exact) mass is 452 g/mol. The van der Waals surface area contributed by atoms with Gasteiger partial charge >= 0.3 is 0 Å². The summed E-state index contributed by atoms with van der Waals surface area (Å²) in [6.45, 7) is 0. The molecule has 170 valence electrons. The van der Waals surface area contributed by atoms with E-state index in [0.29, 0.717) is 17.0 Å². The minimum atomic E-state index is -0.323. The fraction of sp³-hybridized carbons (Fsp3) is 0.148. The predicted octanol–water partition coefficient (Wildman–Crippen LogP) is 4.82. The smallest absolute Gasteiger partial charge is 0.297 e. The van der Waals surface area contributed by atoms with Gasteiger partial charge in [-0.25, -0.2) is 9.97 Å². The van der Waals surface area contributed by atoms with Crippen molar-refractivity contribution >= 4 is 17.0 Å². The standard InChI is InChI=1S/C27H24N4O3/c1-30(23(18-12-6-4-7-13-18)19-14-8-5-9-15-19)27-29-22(24(33-3)26(32)31(27)2)25-28-20-16-10-11-17-21(20)34-25/h4-17,23H,1-3H3. The van der Waals surface area contributed by atoms with Gasteiger partial charge in [0.05, 0.1) is 13.2 Å². The van der Waals surface area contributed by atoms with Gasteiger partial charge < -0.3 is 14.1 Å². The molecule has 7 nitrogen and oxygen atoms in total. The van der Waals surface area contributed by atoms with E-state index in [1.54, 1.807) is 7.05 Å². The number of fused-ring (bicyclic) bond motifs is 1. The number of ether oxygens (including phenoxy) is 1. The van der Waals surface area contributed by atoms with E-state index >= 15 is 0 Å². The summed E-state index contributed by atoms with van der Waals surface area (Å²) in [5.41, 5.74) is 3.39. The lowest BCUT2D eigenvalue weighted by Gasteiger charge is -2.31. The van der Waals surface area contributed by atoms with E-state index in [0.717, 1.165) is 11.1 Å². The third kappa shape index (κ3) is 3.71. The fourth-order valence-electron chi connectivity index (χ4n) is 4.21. The summed E-state index contributed by atoms with van der Waals surface area (Å²) in [6.07, 6.45) is 0. The summed E-state index contributed by atoms with van der Waals surface area (Å²) < 4.78 is 12.9. The van der Waals surface area contributed by atoms with Crippen molar-refractivity contribution in [3.8, 4) is 17.3 Å². The Morgan fingerprint density at radius 3 is 2.06 bits per heavy atom. The average molecular weight is 453 g/mol. The number of nitrogens with zero attached hydrogens (tertiary/aromatic N) is 4. The second-order valence-electron chi connectivity index (χ2n) is 7.98. The van der Waals surface area contributed by atoms with Crippen LogP contribution in [0.4, 0.5) is 5.95 Å². The van der Waals surface area contributed by atoms with Crippen LogP contribution >= 0.6 is 0 Å². The van der Waals surface area contributed by atoms with E-state index in [4.69, 9.17) is 14.1 Å². The summed E-state index contributed by atoms with van der Waals surface area (Å²) in [4.78, 5) is 24.7. The van der Waals surface area contributed by atoms with E-state index in [2.05, 4.69) is 29.2 Å². The van der Waals surface area contributed by atoms with Crippen molar-refractivity contribution in [3.63, 3.8) is 0 Å². The fourth-order valence-corrected chi connectivity index (χ4v) is 4.21.